The summed E-state index contributed by atoms with van der Waals surface area (Å²) in [5.74, 6) is 0.510. The van der Waals surface area contributed by atoms with Crippen molar-refractivity contribution in [3.05, 3.63) is 70.2 Å². The third-order valence-electron chi connectivity index (χ3n) is 8.02. The highest BCUT2D eigenvalue weighted by Gasteiger charge is 2.44. The van der Waals surface area contributed by atoms with E-state index in [0.29, 0.717) is 31.1 Å². The molecule has 0 aliphatic carbocycles. The van der Waals surface area contributed by atoms with Gasteiger partial charge in [0, 0.05) is 18.5 Å². The first-order chi connectivity index (χ1) is 22.5. The van der Waals surface area contributed by atoms with Gasteiger partial charge in [0.2, 0.25) is 10.0 Å². The van der Waals surface area contributed by atoms with E-state index in [1.165, 1.54) is 28.6 Å². The maximum Gasteiger partial charge on any atom is 0.407 e. The van der Waals surface area contributed by atoms with Gasteiger partial charge in [0.25, 0.3) is 0 Å². The van der Waals surface area contributed by atoms with E-state index >= 15 is 0 Å². The zero-order chi connectivity index (χ0) is 33.6. The van der Waals surface area contributed by atoms with Gasteiger partial charge in [-0.1, -0.05) is 26.0 Å². The number of benzene rings is 2. The third-order valence-corrected chi connectivity index (χ3v) is 10.7. The van der Waals surface area contributed by atoms with Crippen molar-refractivity contribution in [3.8, 4) is 5.75 Å². The second-order valence-corrected chi connectivity index (χ2v) is 15.1. The second kappa shape index (κ2) is 15.7. The van der Waals surface area contributed by atoms with Crippen LogP contribution in [0.2, 0.25) is 0 Å². The van der Waals surface area contributed by atoms with Crippen LogP contribution in [0, 0.1) is 18.8 Å². The molecule has 256 valence electrons. The molecular weight excluding hydrogens is 649 g/mol. The molecule has 15 heteroatoms. The predicted molar refractivity (Wildman–Crippen MR) is 174 cm³/mol. The van der Waals surface area contributed by atoms with Crippen LogP contribution in [-0.4, -0.2) is 85.0 Å². The topological polar surface area (TPSA) is 169 Å². The normalized spacial score (nSPS) is 20.6. The average Bonchev–Trinajstić information content (AvgIpc) is 3.78. The summed E-state index contributed by atoms with van der Waals surface area (Å²) in [7, 11) is -4.04. The van der Waals surface area contributed by atoms with Crippen LogP contribution in [0.3, 0.4) is 0 Å². The van der Waals surface area contributed by atoms with Gasteiger partial charge in [-0.15, -0.1) is 11.3 Å². The molecule has 3 aromatic rings. The highest BCUT2D eigenvalue weighted by molar-refractivity contribution is 7.89. The number of hydrogen-bond acceptors (Lipinski definition) is 12. The number of hydrogen-bond donors (Lipinski definition) is 4. The van der Waals surface area contributed by atoms with Crippen molar-refractivity contribution in [2.45, 2.75) is 69.7 Å². The Kier molecular flexibility index (Phi) is 11.7. The first kappa shape index (κ1) is 35.0. The Balaban J connectivity index is 1.31. The highest BCUT2D eigenvalue weighted by Crippen LogP contribution is 2.33. The van der Waals surface area contributed by atoms with Crippen molar-refractivity contribution in [2.75, 3.05) is 31.8 Å². The van der Waals surface area contributed by atoms with Gasteiger partial charge < -0.3 is 29.4 Å². The van der Waals surface area contributed by atoms with Crippen LogP contribution in [0.4, 0.5) is 10.5 Å². The molecule has 5 atom stereocenters. The number of ether oxygens (including phenoxy) is 4. The Morgan fingerprint density at radius 1 is 1.13 bits per heavy atom. The SMILES string of the molecule is Cc1nc(COc2ccc(CC(NC(=O)OC3COC4OCCC34)C(O)CN(CC(C)C)S(=O)(=O)c3ccc(NO)cc3)cc2)cs1. The van der Waals surface area contributed by atoms with E-state index in [-0.39, 0.29) is 42.8 Å². The molecule has 2 fully saturated rings. The van der Waals surface area contributed by atoms with Crippen molar-refractivity contribution in [1.82, 2.24) is 14.6 Å². The lowest BCUT2D eigenvalue weighted by Crippen LogP contribution is -2.51. The van der Waals surface area contributed by atoms with Crippen LogP contribution in [-0.2, 0) is 37.3 Å². The standard InChI is InChI=1S/C32H42N4O9S2/c1-20(2)15-36(47(40,41)26-10-6-23(35-39)7-11-26)16-29(37)28(34-32(38)45-30-18-44-31-27(30)12-13-42-31)14-22-4-8-25(9-5-22)43-17-24-19-46-21(3)33-24/h4-11,19-20,27-31,35,37,39H,12-18H2,1-3H3,(H,34,38). The monoisotopic (exact) mass is 690 g/mol. The first-order valence-corrected chi connectivity index (χ1v) is 17.8. The molecule has 0 bridgehead atoms. The predicted octanol–water partition coefficient (Wildman–Crippen LogP) is 3.94. The van der Waals surface area contributed by atoms with Crippen molar-refractivity contribution >= 4 is 33.1 Å². The van der Waals surface area contributed by atoms with Crippen molar-refractivity contribution in [2.24, 2.45) is 11.8 Å². The quantitative estimate of drug-likeness (QED) is 0.171. The number of alkyl carbamates (subject to hydrolysis) is 1. The first-order valence-electron chi connectivity index (χ1n) is 15.5. The number of aryl methyl sites for hydroxylation is 1. The molecule has 1 aromatic heterocycles. The number of carbonyl (C=O) groups is 1. The molecule has 13 nitrogen and oxygen atoms in total. The smallest absolute Gasteiger partial charge is 0.407 e. The fourth-order valence-electron chi connectivity index (χ4n) is 5.63. The molecule has 2 aromatic carbocycles. The number of nitrogens with one attached hydrogen (secondary N) is 2. The molecule has 47 heavy (non-hydrogen) atoms. The van der Waals surface area contributed by atoms with Crippen LogP contribution in [0.5, 0.6) is 5.75 Å². The summed E-state index contributed by atoms with van der Waals surface area (Å²) < 4.78 is 51.4. The zero-order valence-electron chi connectivity index (χ0n) is 26.6. The second-order valence-electron chi connectivity index (χ2n) is 12.1. The minimum atomic E-state index is -4.04. The van der Waals surface area contributed by atoms with Gasteiger partial charge in [-0.25, -0.2) is 18.2 Å². The lowest BCUT2D eigenvalue weighted by Gasteiger charge is -2.31. The summed E-state index contributed by atoms with van der Waals surface area (Å²) >= 11 is 1.55. The molecule has 2 aliphatic heterocycles. The van der Waals surface area contributed by atoms with Gasteiger partial charge in [0.05, 0.1) is 52.6 Å². The van der Waals surface area contributed by atoms with Crippen molar-refractivity contribution in [1.29, 1.82) is 0 Å². The van der Waals surface area contributed by atoms with Gasteiger partial charge in [-0.2, -0.15) is 4.31 Å². The molecule has 0 saturated carbocycles. The molecule has 0 spiro atoms. The molecule has 1 amide bonds. The fourth-order valence-corrected chi connectivity index (χ4v) is 7.84. The third kappa shape index (κ3) is 9.19. The van der Waals surface area contributed by atoms with Gasteiger partial charge in [-0.3, -0.25) is 10.7 Å². The number of sulfonamides is 1. The largest absolute Gasteiger partial charge is 0.487 e. The molecule has 5 unspecified atom stereocenters. The fraction of sp³-hybridized carbons (Fsp3) is 0.500. The van der Waals surface area contributed by atoms with Gasteiger partial charge >= 0.3 is 6.09 Å². The number of nitrogens with zero attached hydrogens (tertiary/aromatic N) is 2. The van der Waals surface area contributed by atoms with E-state index in [4.69, 9.17) is 24.2 Å². The zero-order valence-corrected chi connectivity index (χ0v) is 28.2. The van der Waals surface area contributed by atoms with E-state index in [2.05, 4.69) is 10.3 Å². The van der Waals surface area contributed by atoms with Crippen LogP contribution < -0.4 is 15.5 Å². The Hall–Kier alpha value is -3.31. The van der Waals surface area contributed by atoms with Gasteiger partial charge in [0.1, 0.15) is 18.5 Å². The molecule has 2 aliphatic rings. The number of thiazole rings is 1. The lowest BCUT2D eigenvalue weighted by molar-refractivity contribution is -0.0907. The molecule has 4 N–H and O–H groups in total. The van der Waals surface area contributed by atoms with E-state index < -0.39 is 40.7 Å². The summed E-state index contributed by atoms with van der Waals surface area (Å²) in [4.78, 5) is 17.6. The summed E-state index contributed by atoms with van der Waals surface area (Å²) in [6.07, 6.45) is -2.04. The van der Waals surface area contributed by atoms with Gasteiger partial charge in [-0.05, 0) is 67.6 Å². The van der Waals surface area contributed by atoms with E-state index in [1.807, 2.05) is 43.8 Å². The Labute approximate surface area is 278 Å². The molecule has 5 rings (SSSR count). The Morgan fingerprint density at radius 3 is 2.53 bits per heavy atom. The maximum atomic E-state index is 13.7. The Morgan fingerprint density at radius 2 is 1.87 bits per heavy atom. The average molecular weight is 691 g/mol. The molecule has 3 heterocycles. The van der Waals surface area contributed by atoms with E-state index in [1.54, 1.807) is 23.5 Å². The van der Waals surface area contributed by atoms with Crippen LogP contribution in [0.25, 0.3) is 0 Å². The minimum Gasteiger partial charge on any atom is -0.487 e. The number of fused-ring (bicyclic) bond motifs is 1. The maximum absolute atomic E-state index is 13.7. The molecule has 0 radical (unpaired) electrons. The van der Waals surface area contributed by atoms with Crippen molar-refractivity contribution < 1.29 is 42.5 Å². The summed E-state index contributed by atoms with van der Waals surface area (Å²) in [5, 5.41) is 26.4. The van der Waals surface area contributed by atoms with Crippen molar-refractivity contribution in [3.63, 3.8) is 0 Å². The number of amides is 1. The Bertz CT molecular complexity index is 1570. The molecule has 2 saturated heterocycles. The highest BCUT2D eigenvalue weighted by atomic mass is 32.2. The van der Waals surface area contributed by atoms with Crippen LogP contribution in [0.1, 0.15) is 36.5 Å². The number of aromatic nitrogens is 1. The number of rotatable bonds is 15. The minimum absolute atomic E-state index is 0.00578. The van der Waals surface area contributed by atoms with Crippen LogP contribution >= 0.6 is 11.3 Å². The number of aliphatic hydroxyl groups is 1. The lowest BCUT2D eigenvalue weighted by atomic mass is 10.0. The summed E-state index contributed by atoms with van der Waals surface area (Å²) in [6.45, 7) is 6.60. The van der Waals surface area contributed by atoms with E-state index in [9.17, 15) is 18.3 Å². The molecular formula is C32H42N4O9S2. The number of carbonyl (C=O) groups excluding carboxylic acids is 1. The summed E-state index contributed by atoms with van der Waals surface area (Å²) in [5.41, 5.74) is 3.94. The number of aliphatic hydroxyl groups excluding tert-OH is 1. The van der Waals surface area contributed by atoms with Gasteiger partial charge in [0.15, 0.2) is 6.29 Å². The number of anilines is 1. The summed E-state index contributed by atoms with van der Waals surface area (Å²) in [6, 6.07) is 12.0. The van der Waals surface area contributed by atoms with E-state index in [0.717, 1.165) is 16.3 Å². The van der Waals surface area contributed by atoms with Crippen LogP contribution in [0.15, 0.2) is 58.8 Å².